The van der Waals surface area contributed by atoms with Gasteiger partial charge in [-0.2, -0.15) is 17.5 Å². The molecule has 12 heteroatoms. The van der Waals surface area contributed by atoms with Gasteiger partial charge in [-0.25, -0.2) is 18.4 Å². The maximum absolute atomic E-state index is 13.6. The fraction of sp³-hybridized carbons (Fsp3) is 0.286. The van der Waals surface area contributed by atoms with Crippen molar-refractivity contribution >= 4 is 21.5 Å². The van der Waals surface area contributed by atoms with E-state index < -0.39 is 21.8 Å². The van der Waals surface area contributed by atoms with Gasteiger partial charge in [0.25, 0.3) is 0 Å². The lowest BCUT2D eigenvalue weighted by atomic mass is 10.1. The van der Waals surface area contributed by atoms with Gasteiger partial charge in [-0.15, -0.1) is 0 Å². The molecule has 0 radical (unpaired) electrons. The minimum Gasteiger partial charge on any atom is -0.497 e. The number of halogens is 3. The molecule has 2 aromatic heterocycles. The number of imidazole rings is 1. The molecule has 40 heavy (non-hydrogen) atoms. The number of nitrogens with zero attached hydrogens (tertiary/aromatic N) is 4. The lowest BCUT2D eigenvalue weighted by Gasteiger charge is -2.19. The van der Waals surface area contributed by atoms with Gasteiger partial charge in [-0.3, -0.25) is 0 Å². The second-order valence-electron chi connectivity index (χ2n) is 9.71. The summed E-state index contributed by atoms with van der Waals surface area (Å²) in [6.45, 7) is 2.23. The van der Waals surface area contributed by atoms with E-state index in [4.69, 9.17) is 9.72 Å². The Balaban J connectivity index is 1.49. The first-order valence-corrected chi connectivity index (χ1v) is 14.0. The summed E-state index contributed by atoms with van der Waals surface area (Å²) in [5.41, 5.74) is 1.45. The molecule has 0 bridgehead atoms. The Morgan fingerprint density at radius 2 is 1.88 bits per heavy atom. The minimum atomic E-state index is -4.50. The Morgan fingerprint density at radius 3 is 2.50 bits per heavy atom. The molecule has 0 saturated heterocycles. The fourth-order valence-electron chi connectivity index (χ4n) is 4.64. The van der Waals surface area contributed by atoms with Gasteiger partial charge >= 0.3 is 6.18 Å². The van der Waals surface area contributed by atoms with Crippen LogP contribution in [0.15, 0.2) is 71.9 Å². The summed E-state index contributed by atoms with van der Waals surface area (Å²) in [5, 5.41) is 3.04. The lowest BCUT2D eigenvalue weighted by molar-refractivity contribution is -0.137. The minimum absolute atomic E-state index is 0.0608. The lowest BCUT2D eigenvalue weighted by Crippen LogP contribution is -2.26. The van der Waals surface area contributed by atoms with Crippen molar-refractivity contribution in [3.8, 4) is 17.0 Å². The van der Waals surface area contributed by atoms with E-state index in [0.29, 0.717) is 22.7 Å². The van der Waals surface area contributed by atoms with E-state index in [2.05, 4.69) is 21.8 Å². The first-order chi connectivity index (χ1) is 19.0. The van der Waals surface area contributed by atoms with Crippen molar-refractivity contribution in [1.29, 1.82) is 0 Å². The molecule has 0 spiro atoms. The van der Waals surface area contributed by atoms with E-state index in [9.17, 15) is 21.6 Å². The molecule has 3 heterocycles. The summed E-state index contributed by atoms with van der Waals surface area (Å²) in [6, 6.07) is 14.1. The van der Waals surface area contributed by atoms with Gasteiger partial charge in [0.05, 0.1) is 23.3 Å². The van der Waals surface area contributed by atoms with E-state index in [-0.39, 0.29) is 23.3 Å². The number of sulfonamides is 1. The summed E-state index contributed by atoms with van der Waals surface area (Å²) in [7, 11) is -0.837. The predicted octanol–water partition coefficient (Wildman–Crippen LogP) is 6.04. The molecule has 5 rings (SSSR count). The second-order valence-corrected chi connectivity index (χ2v) is 11.8. The molecule has 1 aliphatic rings. The number of benzene rings is 2. The van der Waals surface area contributed by atoms with E-state index in [1.54, 1.807) is 37.4 Å². The Morgan fingerprint density at radius 1 is 1.12 bits per heavy atom. The average Bonchev–Trinajstić information content (AvgIpc) is 3.50. The van der Waals surface area contributed by atoms with Crippen LogP contribution >= 0.6 is 0 Å². The van der Waals surface area contributed by atoms with Crippen molar-refractivity contribution in [2.75, 3.05) is 19.5 Å². The summed E-state index contributed by atoms with van der Waals surface area (Å²) in [4.78, 5) is 8.71. The van der Waals surface area contributed by atoms with E-state index in [1.807, 2.05) is 6.20 Å². The van der Waals surface area contributed by atoms with E-state index in [1.165, 1.54) is 29.6 Å². The van der Waals surface area contributed by atoms with Crippen molar-refractivity contribution in [2.45, 2.75) is 43.4 Å². The number of fused-ring (bicyclic) bond motifs is 1. The van der Waals surface area contributed by atoms with Crippen LogP contribution in [-0.2, 0) is 29.2 Å². The van der Waals surface area contributed by atoms with Crippen LogP contribution in [0, 0.1) is 0 Å². The van der Waals surface area contributed by atoms with Crippen molar-refractivity contribution in [1.82, 2.24) is 18.8 Å². The zero-order valence-corrected chi connectivity index (χ0v) is 22.9. The topological polar surface area (TPSA) is 89.4 Å². The molecule has 0 aliphatic carbocycles. The van der Waals surface area contributed by atoms with Crippen LogP contribution in [-0.4, -0.2) is 41.4 Å². The highest BCUT2D eigenvalue weighted by molar-refractivity contribution is 7.89. The van der Waals surface area contributed by atoms with E-state index >= 15 is 0 Å². The quantitative estimate of drug-likeness (QED) is 0.277. The molecule has 2 aromatic carbocycles. The average molecular weight is 572 g/mol. The predicted molar refractivity (Wildman–Crippen MR) is 145 cm³/mol. The highest BCUT2D eigenvalue weighted by Gasteiger charge is 2.31. The molecular weight excluding hydrogens is 543 g/mol. The van der Waals surface area contributed by atoms with Crippen molar-refractivity contribution in [3.05, 3.63) is 83.9 Å². The molecule has 4 aromatic rings. The molecule has 0 fully saturated rings. The van der Waals surface area contributed by atoms with Crippen molar-refractivity contribution in [3.63, 3.8) is 0 Å². The molecule has 1 N–H and O–H groups in total. The van der Waals surface area contributed by atoms with Gasteiger partial charge in [0.15, 0.2) is 0 Å². The molecule has 0 saturated carbocycles. The van der Waals surface area contributed by atoms with Crippen LogP contribution in [0.2, 0.25) is 0 Å². The van der Waals surface area contributed by atoms with Gasteiger partial charge in [-0.05, 0) is 61.4 Å². The van der Waals surface area contributed by atoms with Crippen LogP contribution < -0.4 is 10.1 Å². The number of anilines is 2. The number of hydrogen-bond donors (Lipinski definition) is 1. The summed E-state index contributed by atoms with van der Waals surface area (Å²) < 4.78 is 74.6. The normalized spacial score (nSPS) is 15.3. The third-order valence-corrected chi connectivity index (χ3v) is 8.76. The zero-order valence-electron chi connectivity index (χ0n) is 22.1. The number of aromatic nitrogens is 3. The van der Waals surface area contributed by atoms with Crippen LogP contribution in [0.1, 0.15) is 36.3 Å². The number of hydrogen-bond acceptors (Lipinski definition) is 6. The Hall–Kier alpha value is -3.90. The third kappa shape index (κ3) is 5.54. The maximum Gasteiger partial charge on any atom is 0.417 e. The third-order valence-electron chi connectivity index (χ3n) is 6.96. The smallest absolute Gasteiger partial charge is 0.417 e. The number of pyridine rings is 1. The van der Waals surface area contributed by atoms with E-state index in [0.717, 1.165) is 36.5 Å². The number of aryl methyl sites for hydroxylation is 1. The SMILES string of the molecule is COc1ccc(CN(C)S(=O)(=O)c2ccc(Nc3ccc(C(F)(F)F)cn3)c(-c3cn4c(n3)CCC4C)c2)cc1. The monoisotopic (exact) mass is 571 g/mol. The zero-order chi connectivity index (χ0) is 28.7. The van der Waals surface area contributed by atoms with Crippen molar-refractivity contribution in [2.24, 2.45) is 0 Å². The standard InChI is InChI=1S/C28H28F3N5O3S/c1-18-4-13-27-34-25(17-36(18)27)23-14-22(40(37,38)35(2)16-19-5-8-21(39-3)9-6-19)10-11-24(23)33-26-12-7-20(15-32-26)28(29,30)31/h5-12,14-15,17-18H,4,13,16H2,1-3H3,(H,32,33). The van der Waals surface area contributed by atoms with Gasteiger partial charge in [0, 0.05) is 49.7 Å². The number of alkyl halides is 3. The van der Waals surface area contributed by atoms with Crippen LogP contribution in [0.25, 0.3) is 11.3 Å². The van der Waals surface area contributed by atoms with Crippen LogP contribution in [0.5, 0.6) is 5.75 Å². The van der Waals surface area contributed by atoms with Crippen LogP contribution in [0.3, 0.4) is 0 Å². The summed E-state index contributed by atoms with van der Waals surface area (Å²) in [6.07, 6.45) is -0.105. The largest absolute Gasteiger partial charge is 0.497 e. The summed E-state index contributed by atoms with van der Waals surface area (Å²) >= 11 is 0. The molecule has 0 amide bonds. The number of nitrogens with one attached hydrogen (secondary N) is 1. The van der Waals surface area contributed by atoms with Gasteiger partial charge in [-0.1, -0.05) is 12.1 Å². The second kappa shape index (κ2) is 10.6. The van der Waals surface area contributed by atoms with Gasteiger partial charge in [0.1, 0.15) is 17.4 Å². The maximum atomic E-state index is 13.6. The van der Waals surface area contributed by atoms with Gasteiger partial charge in [0.2, 0.25) is 10.0 Å². The number of ether oxygens (including phenoxy) is 1. The van der Waals surface area contributed by atoms with Gasteiger partial charge < -0.3 is 14.6 Å². The summed E-state index contributed by atoms with van der Waals surface area (Å²) in [5.74, 6) is 1.75. The molecular formula is C28H28F3N5O3S. The molecule has 1 aliphatic heterocycles. The number of rotatable bonds is 8. The first-order valence-electron chi connectivity index (χ1n) is 12.6. The molecule has 1 unspecified atom stereocenters. The Labute approximate surface area is 230 Å². The Bertz CT molecular complexity index is 1620. The molecule has 210 valence electrons. The first kappa shape index (κ1) is 27.7. The highest BCUT2D eigenvalue weighted by Crippen LogP contribution is 2.36. The molecule has 1 atom stereocenters. The van der Waals surface area contributed by atoms with Crippen molar-refractivity contribution < 1.29 is 26.3 Å². The highest BCUT2D eigenvalue weighted by atomic mass is 32.2. The fourth-order valence-corrected chi connectivity index (χ4v) is 5.82. The van der Waals surface area contributed by atoms with Crippen LogP contribution in [0.4, 0.5) is 24.7 Å². The molecule has 8 nitrogen and oxygen atoms in total. The Kier molecular flexibility index (Phi) is 7.32. The number of methoxy groups -OCH3 is 1.